The predicted octanol–water partition coefficient (Wildman–Crippen LogP) is 2.21. The van der Waals surface area contributed by atoms with Crippen LogP contribution in [0.15, 0.2) is 34.9 Å². The molecule has 24 heavy (non-hydrogen) atoms. The molecule has 0 aliphatic carbocycles. The van der Waals surface area contributed by atoms with Gasteiger partial charge in [0.15, 0.2) is 5.69 Å². The van der Waals surface area contributed by atoms with E-state index in [1.165, 1.54) is 0 Å². The van der Waals surface area contributed by atoms with E-state index < -0.39 is 11.9 Å². The summed E-state index contributed by atoms with van der Waals surface area (Å²) in [5, 5.41) is 17.2. The molecule has 1 N–H and O–H groups in total. The van der Waals surface area contributed by atoms with E-state index in [0.29, 0.717) is 19.5 Å². The number of aromatic nitrogens is 3. The fraction of sp³-hybridized carbons (Fsp3) is 0.375. The summed E-state index contributed by atoms with van der Waals surface area (Å²) in [4.78, 5) is 25.4. The minimum absolute atomic E-state index is 0.0847. The summed E-state index contributed by atoms with van der Waals surface area (Å²) in [6, 6.07) is 7.52. The first-order valence-electron chi connectivity index (χ1n) is 7.66. The zero-order valence-corrected chi connectivity index (χ0v) is 14.7. The SMILES string of the molecule is CC1CN(C(=O)c2cn(-c3ccccc3Br)nn2)CCC1C(=O)O. The lowest BCUT2D eigenvalue weighted by atomic mass is 9.87. The lowest BCUT2D eigenvalue weighted by molar-refractivity contribution is -0.145. The van der Waals surface area contributed by atoms with Crippen LogP contribution >= 0.6 is 15.9 Å². The molecular weight excluding hydrogens is 376 g/mol. The smallest absolute Gasteiger partial charge is 0.306 e. The van der Waals surface area contributed by atoms with Gasteiger partial charge in [-0.15, -0.1) is 5.10 Å². The van der Waals surface area contributed by atoms with E-state index in [-0.39, 0.29) is 17.5 Å². The third-order valence-corrected chi connectivity index (χ3v) is 4.99. The van der Waals surface area contributed by atoms with Crippen LogP contribution in [0.5, 0.6) is 0 Å². The molecule has 2 atom stereocenters. The molecule has 1 amide bonds. The number of carboxylic acid groups (broad SMARTS) is 1. The highest BCUT2D eigenvalue weighted by Gasteiger charge is 2.34. The third kappa shape index (κ3) is 3.19. The third-order valence-electron chi connectivity index (χ3n) is 4.32. The van der Waals surface area contributed by atoms with E-state index in [9.17, 15) is 14.7 Å². The predicted molar refractivity (Wildman–Crippen MR) is 89.9 cm³/mol. The molecule has 1 aromatic heterocycles. The molecule has 1 aliphatic rings. The van der Waals surface area contributed by atoms with Crippen LogP contribution in [0.4, 0.5) is 0 Å². The fourth-order valence-electron chi connectivity index (χ4n) is 2.98. The van der Waals surface area contributed by atoms with Crippen molar-refractivity contribution in [2.45, 2.75) is 13.3 Å². The molecular formula is C16H17BrN4O3. The van der Waals surface area contributed by atoms with Crippen molar-refractivity contribution in [3.05, 3.63) is 40.6 Å². The Kier molecular flexibility index (Phi) is 4.66. The molecule has 1 saturated heterocycles. The number of hydrogen-bond donors (Lipinski definition) is 1. The first-order valence-corrected chi connectivity index (χ1v) is 8.46. The molecule has 0 saturated carbocycles. The first kappa shape index (κ1) is 16.6. The maximum Gasteiger partial charge on any atom is 0.306 e. The quantitative estimate of drug-likeness (QED) is 0.864. The van der Waals surface area contributed by atoms with Crippen LogP contribution in [0.3, 0.4) is 0 Å². The molecule has 1 aliphatic heterocycles. The van der Waals surface area contributed by atoms with E-state index in [1.54, 1.807) is 15.8 Å². The van der Waals surface area contributed by atoms with Crippen LogP contribution in [-0.4, -0.2) is 50.0 Å². The molecule has 2 aromatic rings. The molecule has 2 unspecified atom stereocenters. The highest BCUT2D eigenvalue weighted by Crippen LogP contribution is 2.25. The molecule has 1 aromatic carbocycles. The molecule has 8 heteroatoms. The monoisotopic (exact) mass is 392 g/mol. The molecule has 0 radical (unpaired) electrons. The van der Waals surface area contributed by atoms with Gasteiger partial charge >= 0.3 is 5.97 Å². The summed E-state index contributed by atoms with van der Waals surface area (Å²) in [7, 11) is 0. The van der Waals surface area contributed by atoms with Gasteiger partial charge < -0.3 is 10.0 Å². The Labute approximate surface area is 147 Å². The highest BCUT2D eigenvalue weighted by atomic mass is 79.9. The van der Waals surface area contributed by atoms with Crippen LogP contribution in [0.1, 0.15) is 23.8 Å². The van der Waals surface area contributed by atoms with E-state index in [2.05, 4.69) is 26.2 Å². The van der Waals surface area contributed by atoms with Crippen LogP contribution in [-0.2, 0) is 4.79 Å². The number of piperidine rings is 1. The lowest BCUT2D eigenvalue weighted by Crippen LogP contribution is -2.45. The van der Waals surface area contributed by atoms with Gasteiger partial charge in [0.05, 0.1) is 17.8 Å². The summed E-state index contributed by atoms with van der Waals surface area (Å²) in [6.45, 7) is 2.69. The van der Waals surface area contributed by atoms with Crippen molar-refractivity contribution in [1.29, 1.82) is 0 Å². The number of likely N-dealkylation sites (tertiary alicyclic amines) is 1. The van der Waals surface area contributed by atoms with Crippen LogP contribution < -0.4 is 0 Å². The molecule has 126 valence electrons. The zero-order chi connectivity index (χ0) is 17.3. The average Bonchev–Trinajstić information content (AvgIpc) is 3.03. The number of carbonyl (C=O) groups is 2. The van der Waals surface area contributed by atoms with Gasteiger partial charge in [0.2, 0.25) is 0 Å². The number of halogens is 1. The van der Waals surface area contributed by atoms with Gasteiger partial charge in [-0.3, -0.25) is 9.59 Å². The minimum atomic E-state index is -0.797. The lowest BCUT2D eigenvalue weighted by Gasteiger charge is -2.34. The number of amides is 1. The Morgan fingerprint density at radius 3 is 2.75 bits per heavy atom. The van der Waals surface area contributed by atoms with E-state index in [1.807, 2.05) is 31.2 Å². The van der Waals surface area contributed by atoms with Gasteiger partial charge in [-0.1, -0.05) is 24.3 Å². The van der Waals surface area contributed by atoms with Gasteiger partial charge in [-0.05, 0) is 40.4 Å². The topological polar surface area (TPSA) is 88.3 Å². The van der Waals surface area contributed by atoms with Crippen molar-refractivity contribution in [3.63, 3.8) is 0 Å². The molecule has 3 rings (SSSR count). The standard InChI is InChI=1S/C16H17BrN4O3/c1-10-8-20(7-6-11(10)16(23)24)15(22)13-9-21(19-18-13)14-5-3-2-4-12(14)17/h2-5,9-11H,6-8H2,1H3,(H,23,24). The van der Waals surface area contributed by atoms with Crippen LogP contribution in [0.25, 0.3) is 5.69 Å². The Hall–Kier alpha value is -2.22. The summed E-state index contributed by atoms with van der Waals surface area (Å²) < 4.78 is 2.40. The van der Waals surface area contributed by atoms with Gasteiger partial charge in [0.25, 0.3) is 5.91 Å². The summed E-state index contributed by atoms with van der Waals surface area (Å²) in [5.41, 5.74) is 1.05. The normalized spacial score (nSPS) is 20.8. The van der Waals surface area contributed by atoms with Crippen molar-refractivity contribution >= 4 is 27.8 Å². The second kappa shape index (κ2) is 6.72. The van der Waals surface area contributed by atoms with Gasteiger partial charge in [-0.2, -0.15) is 0 Å². The summed E-state index contributed by atoms with van der Waals surface area (Å²) in [6.07, 6.45) is 2.05. The maximum atomic E-state index is 12.6. The van der Waals surface area contributed by atoms with E-state index in [4.69, 9.17) is 0 Å². The Morgan fingerprint density at radius 1 is 1.33 bits per heavy atom. The number of aliphatic carboxylic acids is 1. The zero-order valence-electron chi connectivity index (χ0n) is 13.1. The Morgan fingerprint density at radius 2 is 2.08 bits per heavy atom. The van der Waals surface area contributed by atoms with Crippen molar-refractivity contribution in [2.24, 2.45) is 11.8 Å². The van der Waals surface area contributed by atoms with Crippen molar-refractivity contribution in [3.8, 4) is 5.69 Å². The number of para-hydroxylation sites is 1. The van der Waals surface area contributed by atoms with E-state index in [0.717, 1.165) is 10.2 Å². The molecule has 0 bridgehead atoms. The van der Waals surface area contributed by atoms with Gasteiger partial charge in [0, 0.05) is 17.6 Å². The van der Waals surface area contributed by atoms with Crippen LogP contribution in [0, 0.1) is 11.8 Å². The molecule has 2 heterocycles. The molecule has 7 nitrogen and oxygen atoms in total. The van der Waals surface area contributed by atoms with Crippen molar-refractivity contribution < 1.29 is 14.7 Å². The van der Waals surface area contributed by atoms with E-state index >= 15 is 0 Å². The minimum Gasteiger partial charge on any atom is -0.481 e. The van der Waals surface area contributed by atoms with Crippen molar-refractivity contribution in [1.82, 2.24) is 19.9 Å². The Bertz CT molecular complexity index is 776. The fourth-order valence-corrected chi connectivity index (χ4v) is 3.44. The number of carboxylic acids is 1. The summed E-state index contributed by atoms with van der Waals surface area (Å²) >= 11 is 3.44. The number of benzene rings is 1. The second-order valence-electron chi connectivity index (χ2n) is 5.96. The number of rotatable bonds is 3. The molecule has 0 spiro atoms. The maximum absolute atomic E-state index is 12.6. The average molecular weight is 393 g/mol. The number of nitrogens with zero attached hydrogens (tertiary/aromatic N) is 4. The first-order chi connectivity index (χ1) is 11.5. The Balaban J connectivity index is 1.75. The van der Waals surface area contributed by atoms with Crippen LogP contribution in [0.2, 0.25) is 0 Å². The van der Waals surface area contributed by atoms with Gasteiger partial charge in [-0.25, -0.2) is 4.68 Å². The number of carbonyl (C=O) groups excluding carboxylic acids is 1. The van der Waals surface area contributed by atoms with Crippen molar-refractivity contribution in [2.75, 3.05) is 13.1 Å². The largest absolute Gasteiger partial charge is 0.481 e. The number of hydrogen-bond acceptors (Lipinski definition) is 4. The summed E-state index contributed by atoms with van der Waals surface area (Å²) in [5.74, 6) is -1.50. The molecule has 1 fully saturated rings. The van der Waals surface area contributed by atoms with Gasteiger partial charge in [0.1, 0.15) is 0 Å². The highest BCUT2D eigenvalue weighted by molar-refractivity contribution is 9.10. The second-order valence-corrected chi connectivity index (χ2v) is 6.82.